The number of benzene rings is 1. The maximum atomic E-state index is 13.2. The molecule has 162 valence electrons. The zero-order valence-electron chi connectivity index (χ0n) is 18.1. The first-order chi connectivity index (χ1) is 15.0. The van der Waals surface area contributed by atoms with Crippen molar-refractivity contribution >= 4 is 5.91 Å². The molecule has 1 aliphatic rings. The molecule has 0 radical (unpaired) electrons. The summed E-state index contributed by atoms with van der Waals surface area (Å²) in [6.07, 6.45) is 4.03. The van der Waals surface area contributed by atoms with Gasteiger partial charge in [0.2, 0.25) is 0 Å². The quantitative estimate of drug-likeness (QED) is 0.644. The molecule has 7 nitrogen and oxygen atoms in total. The summed E-state index contributed by atoms with van der Waals surface area (Å²) in [5.41, 5.74) is 3.40. The molecule has 0 saturated carbocycles. The minimum absolute atomic E-state index is 0.211. The van der Waals surface area contributed by atoms with E-state index in [9.17, 15) is 9.59 Å². The fraction of sp³-hybridized carbons (Fsp3) is 0.375. The van der Waals surface area contributed by atoms with Crippen LogP contribution in [-0.2, 0) is 13.1 Å². The Morgan fingerprint density at radius 2 is 2.06 bits per heavy atom. The number of aromatic amines is 1. The van der Waals surface area contributed by atoms with Crippen molar-refractivity contribution in [2.24, 2.45) is 5.92 Å². The van der Waals surface area contributed by atoms with E-state index in [-0.39, 0.29) is 17.0 Å². The lowest BCUT2D eigenvalue weighted by atomic mass is 9.99. The maximum Gasteiger partial charge on any atom is 0.263 e. The average Bonchev–Trinajstić information content (AvgIpc) is 3.25. The lowest BCUT2D eigenvalue weighted by molar-refractivity contribution is 0.0780. The highest BCUT2D eigenvalue weighted by Gasteiger charge is 2.22. The van der Waals surface area contributed by atoms with Crippen molar-refractivity contribution < 1.29 is 4.79 Å². The van der Waals surface area contributed by atoms with Crippen molar-refractivity contribution in [1.29, 1.82) is 0 Å². The van der Waals surface area contributed by atoms with Gasteiger partial charge in [0.05, 0.1) is 17.9 Å². The zero-order chi connectivity index (χ0) is 21.8. The van der Waals surface area contributed by atoms with E-state index >= 15 is 0 Å². The standard InChI is InChI=1S/C24H29N5O2/c1-17-10-12-29(15-18-7-6-11-25-14-18)24(31)22(17)23(30)28(2)16-20-13-21(27-26-20)19-8-4-3-5-9-19/h3-5,8-10,12-13,18,25H,6-7,11,14-16H2,1-2H3,(H,26,27). The Hall–Kier alpha value is -3.19. The number of H-pyrrole nitrogens is 1. The van der Waals surface area contributed by atoms with Gasteiger partial charge in [0.15, 0.2) is 0 Å². The first-order valence-electron chi connectivity index (χ1n) is 10.8. The van der Waals surface area contributed by atoms with Crippen molar-refractivity contribution in [3.8, 4) is 11.3 Å². The predicted octanol–water partition coefficient (Wildman–Crippen LogP) is 2.82. The minimum atomic E-state index is -0.269. The van der Waals surface area contributed by atoms with Crippen LogP contribution in [0.5, 0.6) is 0 Å². The lowest BCUT2D eigenvalue weighted by Gasteiger charge is -2.24. The van der Waals surface area contributed by atoms with Gasteiger partial charge in [-0.3, -0.25) is 14.7 Å². The molecule has 1 amide bonds. The smallest absolute Gasteiger partial charge is 0.263 e. The van der Waals surface area contributed by atoms with Gasteiger partial charge >= 0.3 is 0 Å². The number of amides is 1. The van der Waals surface area contributed by atoms with Crippen LogP contribution in [0.15, 0.2) is 53.5 Å². The van der Waals surface area contributed by atoms with Crippen molar-refractivity contribution in [3.63, 3.8) is 0 Å². The summed E-state index contributed by atoms with van der Waals surface area (Å²) in [5.74, 6) is 0.144. The third-order valence-corrected chi connectivity index (χ3v) is 5.90. The van der Waals surface area contributed by atoms with Gasteiger partial charge in [-0.15, -0.1) is 0 Å². The molecular weight excluding hydrogens is 390 g/mol. The summed E-state index contributed by atoms with van der Waals surface area (Å²) < 4.78 is 1.69. The fourth-order valence-corrected chi connectivity index (χ4v) is 4.14. The van der Waals surface area contributed by atoms with Crippen LogP contribution in [0, 0.1) is 12.8 Å². The topological polar surface area (TPSA) is 83.0 Å². The van der Waals surface area contributed by atoms with Gasteiger partial charge in [0.1, 0.15) is 5.56 Å². The Morgan fingerprint density at radius 3 is 2.81 bits per heavy atom. The van der Waals surface area contributed by atoms with E-state index in [0.29, 0.717) is 24.6 Å². The molecule has 1 aliphatic heterocycles. The van der Waals surface area contributed by atoms with E-state index in [1.165, 1.54) is 0 Å². The van der Waals surface area contributed by atoms with Crippen LogP contribution < -0.4 is 10.9 Å². The number of carbonyl (C=O) groups is 1. The van der Waals surface area contributed by atoms with Gasteiger partial charge in [-0.25, -0.2) is 0 Å². The van der Waals surface area contributed by atoms with E-state index in [1.54, 1.807) is 16.5 Å². The summed E-state index contributed by atoms with van der Waals surface area (Å²) in [6.45, 7) is 4.75. The molecule has 7 heteroatoms. The molecule has 3 heterocycles. The Bertz CT molecular complexity index is 1100. The highest BCUT2D eigenvalue weighted by Crippen LogP contribution is 2.18. The molecule has 1 saturated heterocycles. The number of hydrogen-bond donors (Lipinski definition) is 2. The van der Waals surface area contributed by atoms with E-state index in [2.05, 4.69) is 15.5 Å². The number of aryl methyl sites for hydroxylation is 1. The van der Waals surface area contributed by atoms with Crippen molar-refractivity contribution in [1.82, 2.24) is 25.0 Å². The van der Waals surface area contributed by atoms with Crippen LogP contribution in [0.2, 0.25) is 0 Å². The molecule has 0 spiro atoms. The highest BCUT2D eigenvalue weighted by molar-refractivity contribution is 5.95. The maximum absolute atomic E-state index is 13.2. The molecule has 2 aromatic heterocycles. The summed E-state index contributed by atoms with van der Waals surface area (Å²) in [5, 5.41) is 10.7. The number of carbonyl (C=O) groups excluding carboxylic acids is 1. The normalized spacial score (nSPS) is 16.3. The Kier molecular flexibility index (Phi) is 6.32. The number of nitrogens with one attached hydrogen (secondary N) is 2. The van der Waals surface area contributed by atoms with Crippen LogP contribution in [0.3, 0.4) is 0 Å². The van der Waals surface area contributed by atoms with E-state index in [0.717, 1.165) is 42.9 Å². The Morgan fingerprint density at radius 1 is 1.26 bits per heavy atom. The largest absolute Gasteiger partial charge is 0.336 e. The van der Waals surface area contributed by atoms with Gasteiger partial charge in [0.25, 0.3) is 11.5 Å². The summed E-state index contributed by atoms with van der Waals surface area (Å²) in [4.78, 5) is 27.9. The molecule has 3 aromatic rings. The number of aromatic nitrogens is 3. The molecular formula is C24H29N5O2. The number of rotatable bonds is 6. The van der Waals surface area contributed by atoms with Crippen LogP contribution >= 0.6 is 0 Å². The van der Waals surface area contributed by atoms with Crippen molar-refractivity contribution in [2.75, 3.05) is 20.1 Å². The van der Waals surface area contributed by atoms with Gasteiger partial charge < -0.3 is 14.8 Å². The molecule has 1 unspecified atom stereocenters. The Labute approximate surface area is 182 Å². The van der Waals surface area contributed by atoms with Crippen LogP contribution in [0.25, 0.3) is 11.3 Å². The first kappa shape index (κ1) is 21.1. The van der Waals surface area contributed by atoms with Crippen molar-refractivity contribution in [2.45, 2.75) is 32.9 Å². The van der Waals surface area contributed by atoms with Gasteiger partial charge in [-0.1, -0.05) is 30.3 Å². The monoisotopic (exact) mass is 419 g/mol. The summed E-state index contributed by atoms with van der Waals surface area (Å²) in [7, 11) is 1.71. The number of nitrogens with zero attached hydrogens (tertiary/aromatic N) is 3. The highest BCUT2D eigenvalue weighted by atomic mass is 16.2. The molecule has 0 aliphatic carbocycles. The molecule has 4 rings (SSSR count). The second-order valence-electron chi connectivity index (χ2n) is 8.35. The number of pyridine rings is 1. The van der Waals surface area contributed by atoms with E-state index < -0.39 is 0 Å². The molecule has 0 bridgehead atoms. The molecule has 1 atom stereocenters. The number of piperidine rings is 1. The molecule has 2 N–H and O–H groups in total. The molecule has 1 fully saturated rings. The lowest BCUT2D eigenvalue weighted by Crippen LogP contribution is -2.38. The van der Waals surface area contributed by atoms with Gasteiger partial charge in [0, 0.05) is 25.4 Å². The molecule has 31 heavy (non-hydrogen) atoms. The second kappa shape index (κ2) is 9.31. The predicted molar refractivity (Wildman–Crippen MR) is 121 cm³/mol. The fourth-order valence-electron chi connectivity index (χ4n) is 4.14. The van der Waals surface area contributed by atoms with Crippen molar-refractivity contribution in [3.05, 3.63) is 75.8 Å². The minimum Gasteiger partial charge on any atom is -0.336 e. The Balaban J connectivity index is 1.50. The summed E-state index contributed by atoms with van der Waals surface area (Å²) >= 11 is 0. The second-order valence-corrected chi connectivity index (χ2v) is 8.35. The third-order valence-electron chi connectivity index (χ3n) is 5.90. The molecule has 1 aromatic carbocycles. The average molecular weight is 420 g/mol. The van der Waals surface area contributed by atoms with E-state index in [4.69, 9.17) is 0 Å². The van der Waals surface area contributed by atoms with Gasteiger partial charge in [-0.2, -0.15) is 5.10 Å². The van der Waals surface area contributed by atoms with E-state index in [1.807, 2.05) is 55.6 Å². The number of hydrogen-bond acceptors (Lipinski definition) is 4. The van der Waals surface area contributed by atoms with Gasteiger partial charge in [-0.05, 0) is 56.5 Å². The first-order valence-corrected chi connectivity index (χ1v) is 10.8. The third kappa shape index (κ3) is 4.77. The van der Waals surface area contributed by atoms with Crippen LogP contribution in [0.1, 0.15) is 34.5 Å². The van der Waals surface area contributed by atoms with Crippen LogP contribution in [0.4, 0.5) is 0 Å². The summed E-state index contributed by atoms with van der Waals surface area (Å²) in [6, 6.07) is 13.7. The SMILES string of the molecule is Cc1ccn(CC2CCCNC2)c(=O)c1C(=O)N(C)Cc1cc(-c2ccccc2)n[nH]1. The van der Waals surface area contributed by atoms with Crippen LogP contribution in [-0.4, -0.2) is 45.7 Å². The zero-order valence-corrected chi connectivity index (χ0v) is 18.1.